The van der Waals surface area contributed by atoms with Gasteiger partial charge in [-0.05, 0) is 50.5 Å². The largest absolute Gasteiger partial charge is 0.573 e. The standard InChI is InChI=1S/C23H28F3N7O2/c1-3-32-9-7-15(8-10-32)14-27-20-18-19(34-12-11-31(18)2)22-29-28-21(33(22)30-20)16-5-4-6-17(13-16)35-23(24,25)26/h4-6,13,15H,3,7-12,14H2,1-2H3,(H,27,30). The SMILES string of the molecule is CCN1CCC(CNc2nn3c(-c4cccc(OC(F)(F)F)c4)nnc3c3c2N(C)CCO3)CC1. The molecule has 9 nitrogen and oxygen atoms in total. The van der Waals surface area contributed by atoms with Gasteiger partial charge in [0, 0.05) is 19.2 Å². The fourth-order valence-electron chi connectivity index (χ4n) is 4.64. The van der Waals surface area contributed by atoms with E-state index in [9.17, 15) is 13.2 Å². The van der Waals surface area contributed by atoms with E-state index in [1.54, 1.807) is 6.07 Å². The number of benzene rings is 1. The number of alkyl halides is 3. The van der Waals surface area contributed by atoms with Gasteiger partial charge >= 0.3 is 6.36 Å². The lowest BCUT2D eigenvalue weighted by molar-refractivity contribution is -0.274. The summed E-state index contributed by atoms with van der Waals surface area (Å²) in [5.41, 5.74) is 1.61. The van der Waals surface area contributed by atoms with E-state index in [-0.39, 0.29) is 5.75 Å². The molecule has 0 radical (unpaired) electrons. The zero-order valence-corrected chi connectivity index (χ0v) is 19.7. The lowest BCUT2D eigenvalue weighted by Crippen LogP contribution is -2.36. The Morgan fingerprint density at radius 1 is 1.17 bits per heavy atom. The molecule has 0 bridgehead atoms. The van der Waals surface area contributed by atoms with E-state index in [2.05, 4.69) is 37.0 Å². The summed E-state index contributed by atoms with van der Waals surface area (Å²) < 4.78 is 49.8. The number of aromatic nitrogens is 4. The van der Waals surface area contributed by atoms with Crippen LogP contribution < -0.4 is 19.7 Å². The quantitative estimate of drug-likeness (QED) is 0.560. The van der Waals surface area contributed by atoms with E-state index >= 15 is 0 Å². The molecule has 0 atom stereocenters. The van der Waals surface area contributed by atoms with Gasteiger partial charge in [0.05, 0.1) is 6.54 Å². The van der Waals surface area contributed by atoms with Crippen LogP contribution in [0, 0.1) is 5.92 Å². The Labute approximate surface area is 200 Å². The molecule has 1 aromatic carbocycles. The van der Waals surface area contributed by atoms with Crippen molar-refractivity contribution in [3.63, 3.8) is 0 Å². The minimum Gasteiger partial charge on any atom is -0.486 e. The van der Waals surface area contributed by atoms with E-state index in [0.29, 0.717) is 47.7 Å². The summed E-state index contributed by atoms with van der Waals surface area (Å²) in [5, 5.41) is 16.8. The number of rotatable bonds is 6. The molecule has 12 heteroatoms. The fraction of sp³-hybridized carbons (Fsp3) is 0.522. The number of fused-ring (bicyclic) bond motifs is 3. The summed E-state index contributed by atoms with van der Waals surface area (Å²) in [7, 11) is 1.97. The highest BCUT2D eigenvalue weighted by molar-refractivity contribution is 5.82. The molecule has 2 aromatic heterocycles. The highest BCUT2D eigenvalue weighted by Crippen LogP contribution is 2.40. The zero-order valence-electron chi connectivity index (χ0n) is 19.7. The normalized spacial score (nSPS) is 17.3. The third kappa shape index (κ3) is 4.93. The Morgan fingerprint density at radius 2 is 1.97 bits per heavy atom. The number of hydrogen-bond acceptors (Lipinski definition) is 8. The molecule has 188 valence electrons. The van der Waals surface area contributed by atoms with Crippen LogP contribution in [0.1, 0.15) is 19.8 Å². The van der Waals surface area contributed by atoms with Crippen LogP contribution in [0.4, 0.5) is 24.7 Å². The van der Waals surface area contributed by atoms with E-state index in [1.807, 2.05) is 7.05 Å². The fourth-order valence-corrected chi connectivity index (χ4v) is 4.64. The number of nitrogens with zero attached hydrogens (tertiary/aromatic N) is 6. The summed E-state index contributed by atoms with van der Waals surface area (Å²) >= 11 is 0. The van der Waals surface area contributed by atoms with Gasteiger partial charge in [-0.1, -0.05) is 19.1 Å². The molecular weight excluding hydrogens is 463 g/mol. The average molecular weight is 492 g/mol. The maximum Gasteiger partial charge on any atom is 0.573 e. The van der Waals surface area contributed by atoms with Gasteiger partial charge in [0.15, 0.2) is 17.4 Å². The predicted molar refractivity (Wildman–Crippen MR) is 125 cm³/mol. The molecule has 1 fully saturated rings. The lowest BCUT2D eigenvalue weighted by Gasteiger charge is -2.32. The second-order valence-electron chi connectivity index (χ2n) is 8.89. The third-order valence-electron chi connectivity index (χ3n) is 6.58. The number of piperidine rings is 1. The Morgan fingerprint density at radius 3 is 2.71 bits per heavy atom. The first kappa shape index (κ1) is 23.5. The monoisotopic (exact) mass is 491 g/mol. The molecule has 0 unspecified atom stereocenters. The van der Waals surface area contributed by atoms with Gasteiger partial charge in [-0.2, -0.15) is 4.52 Å². The molecule has 3 aromatic rings. The molecule has 1 saturated heterocycles. The van der Waals surface area contributed by atoms with Crippen molar-refractivity contribution in [2.24, 2.45) is 5.92 Å². The summed E-state index contributed by atoms with van der Waals surface area (Å²) in [6.45, 7) is 7.37. The average Bonchev–Trinajstić information content (AvgIpc) is 3.26. The molecule has 35 heavy (non-hydrogen) atoms. The summed E-state index contributed by atoms with van der Waals surface area (Å²) in [6, 6.07) is 5.63. The molecule has 4 heterocycles. The molecule has 0 spiro atoms. The van der Waals surface area contributed by atoms with Crippen LogP contribution in [0.5, 0.6) is 11.5 Å². The van der Waals surface area contributed by atoms with Crippen LogP contribution in [-0.4, -0.2) is 77.5 Å². The highest BCUT2D eigenvalue weighted by atomic mass is 19.4. The van der Waals surface area contributed by atoms with E-state index in [1.165, 1.54) is 22.7 Å². The molecule has 2 aliphatic heterocycles. The summed E-state index contributed by atoms with van der Waals surface area (Å²) in [5.74, 6) is 1.68. The second kappa shape index (κ2) is 9.40. The van der Waals surface area contributed by atoms with Crippen molar-refractivity contribution in [3.8, 4) is 22.9 Å². The van der Waals surface area contributed by atoms with Crippen LogP contribution in [0.25, 0.3) is 17.0 Å². The number of halogens is 3. The molecular formula is C23H28F3N7O2. The number of hydrogen-bond donors (Lipinski definition) is 1. The van der Waals surface area contributed by atoms with Gasteiger partial charge in [0.1, 0.15) is 18.0 Å². The lowest BCUT2D eigenvalue weighted by atomic mass is 9.97. The number of anilines is 2. The van der Waals surface area contributed by atoms with Crippen molar-refractivity contribution in [1.29, 1.82) is 0 Å². The first-order valence-corrected chi connectivity index (χ1v) is 11.8. The first-order chi connectivity index (χ1) is 16.8. The van der Waals surface area contributed by atoms with E-state index < -0.39 is 6.36 Å². The summed E-state index contributed by atoms with van der Waals surface area (Å²) in [6.07, 6.45) is -2.56. The van der Waals surface area contributed by atoms with Crippen LogP contribution >= 0.6 is 0 Å². The predicted octanol–water partition coefficient (Wildman–Crippen LogP) is 3.66. The molecule has 0 aliphatic carbocycles. The van der Waals surface area contributed by atoms with Gasteiger partial charge in [0.2, 0.25) is 5.65 Å². The minimum atomic E-state index is -4.79. The van der Waals surface area contributed by atoms with Crippen molar-refractivity contribution < 1.29 is 22.6 Å². The van der Waals surface area contributed by atoms with Crippen LogP contribution in [-0.2, 0) is 0 Å². The van der Waals surface area contributed by atoms with Gasteiger partial charge in [-0.15, -0.1) is 28.5 Å². The van der Waals surface area contributed by atoms with Crippen molar-refractivity contribution in [3.05, 3.63) is 24.3 Å². The maximum atomic E-state index is 12.7. The van der Waals surface area contributed by atoms with Crippen LogP contribution in [0.15, 0.2) is 24.3 Å². The van der Waals surface area contributed by atoms with Gasteiger partial charge in [0.25, 0.3) is 0 Å². The number of likely N-dealkylation sites (tertiary alicyclic amines) is 1. The topological polar surface area (TPSA) is 80.0 Å². The van der Waals surface area contributed by atoms with Gasteiger partial charge < -0.3 is 24.6 Å². The smallest absolute Gasteiger partial charge is 0.486 e. The molecule has 1 N–H and O–H groups in total. The van der Waals surface area contributed by atoms with Crippen molar-refractivity contribution in [2.75, 3.05) is 56.6 Å². The second-order valence-corrected chi connectivity index (χ2v) is 8.89. The minimum absolute atomic E-state index is 0.298. The highest BCUT2D eigenvalue weighted by Gasteiger charge is 2.32. The third-order valence-corrected chi connectivity index (χ3v) is 6.58. The molecule has 0 amide bonds. The van der Waals surface area contributed by atoms with Crippen molar-refractivity contribution in [2.45, 2.75) is 26.1 Å². The number of likely N-dealkylation sites (N-methyl/N-ethyl adjacent to an activating group) is 1. The Hall–Kier alpha value is -3.28. The Balaban J connectivity index is 1.49. The zero-order chi connectivity index (χ0) is 24.6. The molecule has 2 aliphatic rings. The van der Waals surface area contributed by atoms with Gasteiger partial charge in [-0.3, -0.25) is 0 Å². The van der Waals surface area contributed by atoms with Crippen LogP contribution in [0.2, 0.25) is 0 Å². The Kier molecular flexibility index (Phi) is 6.30. The van der Waals surface area contributed by atoms with Crippen molar-refractivity contribution in [1.82, 2.24) is 24.7 Å². The van der Waals surface area contributed by atoms with E-state index in [4.69, 9.17) is 9.84 Å². The summed E-state index contributed by atoms with van der Waals surface area (Å²) in [4.78, 5) is 4.52. The number of nitrogens with one attached hydrogen (secondary N) is 1. The van der Waals surface area contributed by atoms with Crippen LogP contribution in [0.3, 0.4) is 0 Å². The first-order valence-electron chi connectivity index (χ1n) is 11.8. The molecule has 5 rings (SSSR count). The maximum absolute atomic E-state index is 12.7. The van der Waals surface area contributed by atoms with Crippen molar-refractivity contribution >= 4 is 17.2 Å². The number of ether oxygens (including phenoxy) is 2. The molecule has 0 saturated carbocycles. The Bertz CT molecular complexity index is 1190. The van der Waals surface area contributed by atoms with E-state index in [0.717, 1.165) is 44.7 Å². The van der Waals surface area contributed by atoms with Gasteiger partial charge in [-0.25, -0.2) is 0 Å².